The lowest BCUT2D eigenvalue weighted by molar-refractivity contribution is -0.119. The summed E-state index contributed by atoms with van der Waals surface area (Å²) >= 11 is 0. The molecule has 2 aromatic heterocycles. The second-order valence-electron chi connectivity index (χ2n) is 8.83. The highest BCUT2D eigenvalue weighted by molar-refractivity contribution is 5.87. The van der Waals surface area contributed by atoms with Gasteiger partial charge in [0.25, 0.3) is 0 Å². The molecule has 2 atom stereocenters. The number of carbonyl (C=O) groups excluding carboxylic acids is 1. The van der Waals surface area contributed by atoms with E-state index in [-0.39, 0.29) is 29.8 Å². The highest BCUT2D eigenvalue weighted by Crippen LogP contribution is 2.35. The van der Waals surface area contributed by atoms with Crippen LogP contribution in [0.25, 0.3) is 22.2 Å². The number of hydrogen-bond donors (Lipinski definition) is 2. The van der Waals surface area contributed by atoms with Crippen molar-refractivity contribution >= 4 is 16.8 Å². The fraction of sp³-hybridized carbons (Fsp3) is 0.423. The molecule has 0 aliphatic carbocycles. The van der Waals surface area contributed by atoms with Crippen LogP contribution < -0.4 is 14.8 Å². The zero-order valence-electron chi connectivity index (χ0n) is 19.2. The molecule has 1 aromatic carbocycles. The first-order chi connectivity index (χ1) is 16.6. The van der Waals surface area contributed by atoms with Crippen molar-refractivity contribution in [2.45, 2.75) is 44.8 Å². The van der Waals surface area contributed by atoms with Gasteiger partial charge in [-0.25, -0.2) is 4.98 Å². The molecule has 1 amide bonds. The minimum absolute atomic E-state index is 0.0384. The Morgan fingerprint density at radius 2 is 2.09 bits per heavy atom. The van der Waals surface area contributed by atoms with Crippen LogP contribution in [-0.4, -0.2) is 52.9 Å². The number of fused-ring (bicyclic) bond motifs is 1. The molecule has 3 aromatic rings. The number of pyridine rings is 2. The third-order valence-corrected chi connectivity index (χ3v) is 6.48. The van der Waals surface area contributed by atoms with Crippen molar-refractivity contribution in [1.82, 2.24) is 15.3 Å². The number of phenolic OH excluding ortho intramolecular Hbond substituents is 1. The lowest BCUT2D eigenvalue weighted by Gasteiger charge is -2.24. The molecule has 34 heavy (non-hydrogen) atoms. The summed E-state index contributed by atoms with van der Waals surface area (Å²) in [5.41, 5.74) is 2.13. The van der Waals surface area contributed by atoms with Crippen LogP contribution in [0.4, 0.5) is 0 Å². The molecule has 2 aliphatic heterocycles. The van der Waals surface area contributed by atoms with Crippen LogP contribution in [0, 0.1) is 5.92 Å². The second kappa shape index (κ2) is 9.85. The van der Waals surface area contributed by atoms with Gasteiger partial charge in [0.15, 0.2) is 11.5 Å². The molecule has 0 radical (unpaired) electrons. The molecule has 2 N–H and O–H groups in total. The number of carbonyl (C=O) groups is 1. The zero-order chi connectivity index (χ0) is 23.5. The SMILES string of the molecule is CC[C@@H](Oc1nc(-c2ccc(OC3CCOCC3)c(O)c2)cc2ncccc12)[C@H]1CNC(=O)C1. The molecular formula is C26H29N3O5. The number of benzene rings is 1. The summed E-state index contributed by atoms with van der Waals surface area (Å²) in [6, 6.07) is 11.0. The van der Waals surface area contributed by atoms with Crippen molar-refractivity contribution in [3.8, 4) is 28.6 Å². The van der Waals surface area contributed by atoms with Gasteiger partial charge in [0.2, 0.25) is 11.8 Å². The van der Waals surface area contributed by atoms with Gasteiger partial charge in [-0.05, 0) is 42.8 Å². The Bertz CT molecular complexity index is 1180. The number of hydrogen-bond acceptors (Lipinski definition) is 7. The fourth-order valence-electron chi connectivity index (χ4n) is 4.58. The average Bonchev–Trinajstić information content (AvgIpc) is 3.30. The van der Waals surface area contributed by atoms with Crippen molar-refractivity contribution in [3.05, 3.63) is 42.6 Å². The maximum atomic E-state index is 11.7. The fourth-order valence-corrected chi connectivity index (χ4v) is 4.58. The van der Waals surface area contributed by atoms with Gasteiger partial charge in [-0.3, -0.25) is 9.78 Å². The molecule has 0 spiro atoms. The van der Waals surface area contributed by atoms with Crippen LogP contribution in [0.15, 0.2) is 42.6 Å². The zero-order valence-corrected chi connectivity index (χ0v) is 19.2. The predicted molar refractivity (Wildman–Crippen MR) is 127 cm³/mol. The van der Waals surface area contributed by atoms with E-state index in [0.29, 0.717) is 43.5 Å². The number of nitrogens with one attached hydrogen (secondary N) is 1. The standard InChI is InChI=1S/C26H29N3O5/c1-2-23(17-13-25(31)28-15-17)34-26-19-4-3-9-27-21(19)14-20(29-26)16-5-6-24(22(30)12-16)33-18-7-10-32-11-8-18/h3-6,9,12,14,17-18,23,30H,2,7-8,10-11,13,15H2,1H3,(H,28,31)/t17-,23-/m1/s1. The lowest BCUT2D eigenvalue weighted by atomic mass is 9.99. The van der Waals surface area contributed by atoms with Crippen LogP contribution in [0.3, 0.4) is 0 Å². The van der Waals surface area contributed by atoms with Gasteiger partial charge in [0.05, 0.1) is 29.8 Å². The molecule has 2 saturated heterocycles. The Morgan fingerprint density at radius 3 is 2.82 bits per heavy atom. The first-order valence-corrected chi connectivity index (χ1v) is 11.9. The van der Waals surface area contributed by atoms with E-state index in [9.17, 15) is 9.90 Å². The number of nitrogens with zero attached hydrogens (tertiary/aromatic N) is 2. The molecule has 5 rings (SSSR count). The summed E-state index contributed by atoms with van der Waals surface area (Å²) in [6.45, 7) is 4.00. The second-order valence-corrected chi connectivity index (χ2v) is 8.83. The summed E-state index contributed by atoms with van der Waals surface area (Å²) < 4.78 is 17.7. The van der Waals surface area contributed by atoms with E-state index >= 15 is 0 Å². The van der Waals surface area contributed by atoms with Crippen molar-refractivity contribution in [1.29, 1.82) is 0 Å². The van der Waals surface area contributed by atoms with Gasteiger partial charge in [-0.2, -0.15) is 0 Å². The van der Waals surface area contributed by atoms with Gasteiger partial charge in [0, 0.05) is 43.5 Å². The van der Waals surface area contributed by atoms with E-state index in [1.807, 2.05) is 31.2 Å². The summed E-state index contributed by atoms with van der Waals surface area (Å²) in [4.78, 5) is 21.0. The van der Waals surface area contributed by atoms with Crippen LogP contribution >= 0.6 is 0 Å². The van der Waals surface area contributed by atoms with E-state index in [4.69, 9.17) is 19.2 Å². The maximum absolute atomic E-state index is 11.7. The quantitative estimate of drug-likeness (QED) is 0.549. The highest BCUT2D eigenvalue weighted by atomic mass is 16.5. The number of rotatable bonds is 7. The molecule has 8 heteroatoms. The Hall–Kier alpha value is -3.39. The van der Waals surface area contributed by atoms with Crippen LogP contribution in [-0.2, 0) is 9.53 Å². The Kier molecular flexibility index (Phi) is 6.49. The Labute approximate surface area is 198 Å². The average molecular weight is 464 g/mol. The topological polar surface area (TPSA) is 103 Å². The molecule has 178 valence electrons. The van der Waals surface area contributed by atoms with Crippen molar-refractivity contribution in [3.63, 3.8) is 0 Å². The summed E-state index contributed by atoms with van der Waals surface area (Å²) in [7, 11) is 0. The van der Waals surface area contributed by atoms with Crippen molar-refractivity contribution in [2.75, 3.05) is 19.8 Å². The van der Waals surface area contributed by atoms with E-state index in [1.54, 1.807) is 18.3 Å². The molecule has 0 unspecified atom stereocenters. The molecule has 0 bridgehead atoms. The monoisotopic (exact) mass is 463 g/mol. The maximum Gasteiger partial charge on any atom is 0.223 e. The van der Waals surface area contributed by atoms with Gasteiger partial charge in [-0.15, -0.1) is 0 Å². The summed E-state index contributed by atoms with van der Waals surface area (Å²) in [5, 5.41) is 14.3. The van der Waals surface area contributed by atoms with Crippen molar-refractivity contribution < 1.29 is 24.1 Å². The summed E-state index contributed by atoms with van der Waals surface area (Å²) in [5.74, 6) is 1.15. The first-order valence-electron chi connectivity index (χ1n) is 11.9. The predicted octanol–water partition coefficient (Wildman–Crippen LogP) is 3.85. The Morgan fingerprint density at radius 1 is 1.24 bits per heavy atom. The van der Waals surface area contributed by atoms with E-state index < -0.39 is 0 Å². The molecule has 0 saturated carbocycles. The molecule has 8 nitrogen and oxygen atoms in total. The van der Waals surface area contributed by atoms with Crippen LogP contribution in [0.2, 0.25) is 0 Å². The summed E-state index contributed by atoms with van der Waals surface area (Å²) in [6.07, 6.45) is 4.45. The van der Waals surface area contributed by atoms with Crippen LogP contribution in [0.1, 0.15) is 32.6 Å². The van der Waals surface area contributed by atoms with Gasteiger partial charge in [0.1, 0.15) is 12.2 Å². The number of phenols is 1. The molecular weight excluding hydrogens is 434 g/mol. The minimum Gasteiger partial charge on any atom is -0.504 e. The van der Waals surface area contributed by atoms with E-state index in [1.165, 1.54) is 0 Å². The third-order valence-electron chi connectivity index (χ3n) is 6.48. The lowest BCUT2D eigenvalue weighted by Crippen LogP contribution is -2.28. The number of aromatic nitrogens is 2. The third kappa shape index (κ3) is 4.77. The molecule has 4 heterocycles. The Balaban J connectivity index is 1.44. The van der Waals surface area contributed by atoms with Crippen molar-refractivity contribution in [2.24, 2.45) is 5.92 Å². The normalized spacial score (nSPS) is 19.7. The van der Waals surface area contributed by atoms with E-state index in [2.05, 4.69) is 10.3 Å². The number of aromatic hydroxyl groups is 1. The largest absolute Gasteiger partial charge is 0.504 e. The number of ether oxygens (including phenoxy) is 3. The van der Waals surface area contributed by atoms with Gasteiger partial charge < -0.3 is 24.6 Å². The van der Waals surface area contributed by atoms with Gasteiger partial charge >= 0.3 is 0 Å². The highest BCUT2D eigenvalue weighted by Gasteiger charge is 2.30. The smallest absolute Gasteiger partial charge is 0.223 e. The molecule has 2 aliphatic rings. The number of amides is 1. The van der Waals surface area contributed by atoms with Crippen LogP contribution in [0.5, 0.6) is 17.4 Å². The first kappa shape index (κ1) is 22.4. The van der Waals surface area contributed by atoms with E-state index in [0.717, 1.165) is 35.7 Å². The minimum atomic E-state index is -0.145. The molecule has 2 fully saturated rings. The van der Waals surface area contributed by atoms with Gasteiger partial charge in [-0.1, -0.05) is 6.92 Å².